The van der Waals surface area contributed by atoms with E-state index < -0.39 is 11.2 Å². The van der Waals surface area contributed by atoms with Gasteiger partial charge in [0.2, 0.25) is 5.95 Å². The number of aryl methyl sites for hydroxylation is 1. The molecule has 174 valence electrons. The lowest BCUT2D eigenvalue weighted by atomic mass is 9.79. The molecule has 1 aromatic carbocycles. The molecule has 1 aliphatic rings. The second-order valence-electron chi connectivity index (χ2n) is 9.65. The van der Waals surface area contributed by atoms with E-state index in [9.17, 15) is 9.90 Å². The number of carbonyl (C=O) groups excluding carboxylic acids is 1. The van der Waals surface area contributed by atoms with E-state index in [1.54, 1.807) is 18.5 Å². The van der Waals surface area contributed by atoms with Gasteiger partial charge in [0.05, 0.1) is 10.8 Å². The Bertz CT molecular complexity index is 1120. The highest BCUT2D eigenvalue weighted by Gasteiger charge is 2.40. The van der Waals surface area contributed by atoms with Crippen LogP contribution in [0, 0.1) is 12.8 Å². The summed E-state index contributed by atoms with van der Waals surface area (Å²) in [7, 11) is 0. The van der Waals surface area contributed by atoms with Gasteiger partial charge in [0, 0.05) is 24.3 Å². The van der Waals surface area contributed by atoms with Crippen LogP contribution in [-0.2, 0) is 15.1 Å². The summed E-state index contributed by atoms with van der Waals surface area (Å²) < 4.78 is 5.53. The van der Waals surface area contributed by atoms with Crippen LogP contribution in [0.25, 0.3) is 10.4 Å². The van der Waals surface area contributed by atoms with Gasteiger partial charge in [0.15, 0.2) is 0 Å². The molecule has 0 atom stereocenters. The maximum Gasteiger partial charge on any atom is 0.309 e. The summed E-state index contributed by atoms with van der Waals surface area (Å²) in [4.78, 5) is 26.4. The van der Waals surface area contributed by atoms with Crippen molar-refractivity contribution in [3.8, 4) is 10.4 Å². The fourth-order valence-corrected chi connectivity index (χ4v) is 5.09. The molecule has 2 heterocycles. The van der Waals surface area contributed by atoms with Crippen molar-refractivity contribution in [2.75, 3.05) is 5.32 Å². The van der Waals surface area contributed by atoms with E-state index in [4.69, 9.17) is 4.74 Å². The molecule has 0 unspecified atom stereocenters. The van der Waals surface area contributed by atoms with Crippen molar-refractivity contribution < 1.29 is 14.6 Å². The molecule has 2 aromatic heterocycles. The lowest BCUT2D eigenvalue weighted by Crippen LogP contribution is -2.36. The fraction of sp³-hybridized carbons (Fsp3) is 0.440. The van der Waals surface area contributed by atoms with E-state index in [0.717, 1.165) is 21.7 Å². The summed E-state index contributed by atoms with van der Waals surface area (Å²) >= 11 is 1.50. The average Bonchev–Trinajstić information content (AvgIpc) is 3.25. The first kappa shape index (κ1) is 23.3. The maximum absolute atomic E-state index is 12.4. The Kier molecular flexibility index (Phi) is 6.50. The highest BCUT2D eigenvalue weighted by atomic mass is 32.1. The van der Waals surface area contributed by atoms with Gasteiger partial charge in [-0.2, -0.15) is 0 Å². The van der Waals surface area contributed by atoms with Crippen molar-refractivity contribution in [2.45, 2.75) is 64.6 Å². The van der Waals surface area contributed by atoms with E-state index in [1.807, 2.05) is 46.0 Å². The summed E-state index contributed by atoms with van der Waals surface area (Å²) in [6, 6.07) is 7.94. The maximum atomic E-state index is 12.4. The van der Waals surface area contributed by atoms with Crippen LogP contribution in [0.5, 0.6) is 0 Å². The number of carbonyl (C=O) groups is 1. The number of benzene rings is 1. The van der Waals surface area contributed by atoms with Crippen LogP contribution in [0.3, 0.4) is 0 Å². The molecule has 1 saturated carbocycles. The van der Waals surface area contributed by atoms with Crippen LogP contribution in [0.1, 0.15) is 57.0 Å². The molecule has 0 amide bonds. The van der Waals surface area contributed by atoms with Gasteiger partial charge in [-0.3, -0.25) is 4.79 Å². The molecule has 8 heteroatoms. The number of esters is 1. The third-order valence-corrected chi connectivity index (χ3v) is 6.88. The Labute approximate surface area is 198 Å². The number of aliphatic hydroxyl groups is 1. The predicted octanol–water partition coefficient (Wildman–Crippen LogP) is 5.37. The van der Waals surface area contributed by atoms with Crippen LogP contribution in [0.15, 0.2) is 42.9 Å². The molecular weight excluding hydrogens is 436 g/mol. The van der Waals surface area contributed by atoms with Crippen molar-refractivity contribution in [3.05, 3.63) is 53.4 Å². The summed E-state index contributed by atoms with van der Waals surface area (Å²) in [5.74, 6) is 0.191. The number of rotatable bonds is 5. The Balaban J connectivity index is 1.47. The van der Waals surface area contributed by atoms with Crippen LogP contribution in [0.4, 0.5) is 11.6 Å². The minimum atomic E-state index is -1.01. The monoisotopic (exact) mass is 466 g/mol. The molecule has 1 fully saturated rings. The van der Waals surface area contributed by atoms with Crippen LogP contribution >= 0.6 is 11.3 Å². The first-order valence-electron chi connectivity index (χ1n) is 11.2. The highest BCUT2D eigenvalue weighted by Crippen LogP contribution is 2.43. The number of hydrogen-bond donors (Lipinski definition) is 2. The average molecular weight is 467 g/mol. The molecule has 0 bridgehead atoms. The zero-order valence-electron chi connectivity index (χ0n) is 19.5. The number of anilines is 2. The quantitative estimate of drug-likeness (QED) is 0.488. The minimum absolute atomic E-state index is 0.172. The Hall–Kier alpha value is -2.84. The Morgan fingerprint density at radius 3 is 2.52 bits per heavy atom. The molecule has 4 rings (SSSR count). The fourth-order valence-electron chi connectivity index (χ4n) is 4.04. The summed E-state index contributed by atoms with van der Waals surface area (Å²) in [5, 5.41) is 15.2. The third-order valence-electron chi connectivity index (χ3n) is 5.64. The van der Waals surface area contributed by atoms with Crippen molar-refractivity contribution in [2.24, 2.45) is 5.92 Å². The first-order chi connectivity index (χ1) is 15.6. The van der Waals surface area contributed by atoms with Gasteiger partial charge in [-0.15, -0.1) is 11.3 Å². The van der Waals surface area contributed by atoms with E-state index >= 15 is 0 Å². The SMILES string of the molecule is Cc1cc(Nc2ncccn2)cc(-c2cnc(C3(O)CCC(C(=O)OC(C)(C)C)CC3)s2)c1. The molecule has 3 aromatic rings. The molecular formula is C25H30N4O3S. The van der Waals surface area contributed by atoms with Crippen molar-refractivity contribution >= 4 is 28.9 Å². The number of aromatic nitrogens is 3. The van der Waals surface area contributed by atoms with Gasteiger partial charge in [-0.05, 0) is 82.7 Å². The van der Waals surface area contributed by atoms with Gasteiger partial charge in [-0.1, -0.05) is 6.07 Å². The number of thiazole rings is 1. The molecule has 0 radical (unpaired) electrons. The summed E-state index contributed by atoms with van der Waals surface area (Å²) in [6.07, 6.45) is 7.38. The lowest BCUT2D eigenvalue weighted by Gasteiger charge is -2.34. The standard InChI is InChI=1S/C25H30N4O3S/c1-16-12-18(14-19(13-16)29-23-26-10-5-11-27-23)20-15-28-22(33-20)25(31)8-6-17(7-9-25)21(30)32-24(2,3)4/h5,10-15,17,31H,6-9H2,1-4H3,(H,26,27,29). The summed E-state index contributed by atoms with van der Waals surface area (Å²) in [5.41, 5.74) is 1.50. The van der Waals surface area contributed by atoms with Crippen molar-refractivity contribution in [1.29, 1.82) is 0 Å². The second kappa shape index (κ2) is 9.19. The Morgan fingerprint density at radius 1 is 1.15 bits per heavy atom. The van der Waals surface area contributed by atoms with Crippen LogP contribution < -0.4 is 5.32 Å². The third kappa shape index (κ3) is 5.75. The first-order valence-corrected chi connectivity index (χ1v) is 12.0. The topological polar surface area (TPSA) is 97.2 Å². The minimum Gasteiger partial charge on any atom is -0.460 e. The van der Waals surface area contributed by atoms with E-state index in [2.05, 4.69) is 26.3 Å². The highest BCUT2D eigenvalue weighted by molar-refractivity contribution is 7.15. The normalized spacial score (nSPS) is 20.9. The Morgan fingerprint density at radius 2 is 1.85 bits per heavy atom. The van der Waals surface area contributed by atoms with E-state index in [1.165, 1.54) is 11.3 Å². The second-order valence-corrected chi connectivity index (χ2v) is 10.7. The zero-order chi connectivity index (χ0) is 23.6. The zero-order valence-corrected chi connectivity index (χ0v) is 20.3. The largest absolute Gasteiger partial charge is 0.460 e. The number of hydrogen-bond acceptors (Lipinski definition) is 8. The number of nitrogens with one attached hydrogen (secondary N) is 1. The smallest absolute Gasteiger partial charge is 0.309 e. The van der Waals surface area contributed by atoms with Gasteiger partial charge < -0.3 is 15.2 Å². The lowest BCUT2D eigenvalue weighted by molar-refractivity contribution is -0.163. The molecule has 1 aliphatic carbocycles. The predicted molar refractivity (Wildman–Crippen MR) is 129 cm³/mol. The van der Waals surface area contributed by atoms with E-state index in [0.29, 0.717) is 36.6 Å². The number of nitrogens with zero attached hydrogens (tertiary/aromatic N) is 3. The van der Waals surface area contributed by atoms with Gasteiger partial charge in [0.1, 0.15) is 16.2 Å². The molecule has 0 aliphatic heterocycles. The molecule has 2 N–H and O–H groups in total. The van der Waals surface area contributed by atoms with E-state index in [-0.39, 0.29) is 11.9 Å². The molecule has 33 heavy (non-hydrogen) atoms. The summed E-state index contributed by atoms with van der Waals surface area (Å²) in [6.45, 7) is 7.66. The van der Waals surface area contributed by atoms with Gasteiger partial charge in [-0.25, -0.2) is 15.0 Å². The van der Waals surface area contributed by atoms with Gasteiger partial charge >= 0.3 is 5.97 Å². The number of ether oxygens (including phenoxy) is 1. The van der Waals surface area contributed by atoms with Crippen LogP contribution in [-0.4, -0.2) is 31.6 Å². The molecule has 0 spiro atoms. The van der Waals surface area contributed by atoms with Crippen LogP contribution in [0.2, 0.25) is 0 Å². The van der Waals surface area contributed by atoms with Crippen molar-refractivity contribution in [3.63, 3.8) is 0 Å². The molecule has 0 saturated heterocycles. The molecule has 7 nitrogen and oxygen atoms in total. The van der Waals surface area contributed by atoms with Gasteiger partial charge in [0.25, 0.3) is 0 Å². The van der Waals surface area contributed by atoms with Crippen molar-refractivity contribution in [1.82, 2.24) is 15.0 Å².